The molecule has 0 aliphatic carbocycles. The molecule has 2 amide bonds. The number of ether oxygens (including phenoxy) is 1. The topological polar surface area (TPSA) is 88.5 Å². The van der Waals surface area contributed by atoms with Crippen LogP contribution in [0, 0.1) is 0 Å². The third-order valence-corrected chi connectivity index (χ3v) is 4.76. The van der Waals surface area contributed by atoms with Crippen molar-refractivity contribution in [3.05, 3.63) is 47.8 Å². The van der Waals surface area contributed by atoms with E-state index < -0.39 is 12.1 Å². The van der Waals surface area contributed by atoms with Crippen LogP contribution in [-0.4, -0.2) is 53.2 Å². The largest absolute Gasteiger partial charge is 0.497 e. The summed E-state index contributed by atoms with van der Waals surface area (Å²) in [4.78, 5) is 27.1. The van der Waals surface area contributed by atoms with Crippen LogP contribution >= 0.6 is 12.4 Å². The number of aromatic nitrogens is 2. The molecule has 152 valence electrons. The molecular weight excluding hydrogens is 382 g/mol. The van der Waals surface area contributed by atoms with E-state index in [0.29, 0.717) is 19.5 Å². The molecule has 1 aliphatic rings. The van der Waals surface area contributed by atoms with Crippen molar-refractivity contribution in [1.29, 1.82) is 0 Å². The van der Waals surface area contributed by atoms with Gasteiger partial charge < -0.3 is 20.3 Å². The fraction of sp³-hybridized carbons (Fsp3) is 0.421. The van der Waals surface area contributed by atoms with Crippen molar-refractivity contribution in [2.45, 2.75) is 25.0 Å². The van der Waals surface area contributed by atoms with Gasteiger partial charge in [0, 0.05) is 31.9 Å². The van der Waals surface area contributed by atoms with Crippen LogP contribution in [0.2, 0.25) is 0 Å². The monoisotopic (exact) mass is 407 g/mol. The first-order valence-corrected chi connectivity index (χ1v) is 8.89. The van der Waals surface area contributed by atoms with Crippen LogP contribution < -0.4 is 15.4 Å². The number of hydrogen-bond donors (Lipinski definition) is 2. The van der Waals surface area contributed by atoms with Gasteiger partial charge in [0.15, 0.2) is 0 Å². The molecule has 1 aromatic carbocycles. The molecule has 1 fully saturated rings. The minimum absolute atomic E-state index is 0. The summed E-state index contributed by atoms with van der Waals surface area (Å²) < 4.78 is 6.80. The second kappa shape index (κ2) is 9.57. The second-order valence-corrected chi connectivity index (χ2v) is 6.63. The van der Waals surface area contributed by atoms with E-state index in [9.17, 15) is 9.59 Å². The molecule has 2 aromatic rings. The number of aryl methyl sites for hydroxylation is 1. The summed E-state index contributed by atoms with van der Waals surface area (Å²) in [6.07, 6.45) is 4.03. The standard InChI is InChI=1S/C19H25N5O3.ClH/c1-20-17(14-10-21-23(2)12-14)18(25)22-16-8-9-24(19(16)26)11-13-4-6-15(27-3)7-5-13;/h4-7,10,12,16-17,20H,8-9,11H2,1-3H3,(H,22,25);1H. The number of carbonyl (C=O) groups excluding carboxylic acids is 2. The Kier molecular flexibility index (Phi) is 7.42. The highest BCUT2D eigenvalue weighted by Gasteiger charge is 2.34. The van der Waals surface area contributed by atoms with Crippen molar-refractivity contribution >= 4 is 24.2 Å². The van der Waals surface area contributed by atoms with Gasteiger partial charge in [-0.25, -0.2) is 0 Å². The highest BCUT2D eigenvalue weighted by molar-refractivity contribution is 5.91. The Morgan fingerprint density at radius 2 is 2.07 bits per heavy atom. The highest BCUT2D eigenvalue weighted by atomic mass is 35.5. The van der Waals surface area contributed by atoms with E-state index in [4.69, 9.17) is 4.74 Å². The molecule has 8 nitrogen and oxygen atoms in total. The summed E-state index contributed by atoms with van der Waals surface area (Å²) in [5.41, 5.74) is 1.79. The van der Waals surface area contributed by atoms with Gasteiger partial charge in [0.05, 0.1) is 13.3 Å². The molecule has 2 unspecified atom stereocenters. The first kappa shape index (κ1) is 21.7. The molecule has 28 heavy (non-hydrogen) atoms. The zero-order valence-electron chi connectivity index (χ0n) is 16.2. The van der Waals surface area contributed by atoms with Gasteiger partial charge in [-0.05, 0) is 31.2 Å². The summed E-state index contributed by atoms with van der Waals surface area (Å²) in [5, 5.41) is 9.95. The van der Waals surface area contributed by atoms with E-state index in [1.807, 2.05) is 24.3 Å². The number of nitrogens with one attached hydrogen (secondary N) is 2. The number of halogens is 1. The van der Waals surface area contributed by atoms with Crippen molar-refractivity contribution < 1.29 is 14.3 Å². The van der Waals surface area contributed by atoms with Crippen LogP contribution in [0.1, 0.15) is 23.6 Å². The fourth-order valence-corrected chi connectivity index (χ4v) is 3.27. The van der Waals surface area contributed by atoms with Gasteiger partial charge in [-0.1, -0.05) is 12.1 Å². The smallest absolute Gasteiger partial charge is 0.245 e. The number of nitrogens with zero attached hydrogens (tertiary/aromatic N) is 3. The summed E-state index contributed by atoms with van der Waals surface area (Å²) in [6.45, 7) is 1.14. The molecule has 9 heteroatoms. The maximum Gasteiger partial charge on any atom is 0.245 e. The van der Waals surface area contributed by atoms with Gasteiger partial charge >= 0.3 is 0 Å². The van der Waals surface area contributed by atoms with Crippen LogP contribution in [0.15, 0.2) is 36.7 Å². The Balaban J connectivity index is 0.00000280. The van der Waals surface area contributed by atoms with Crippen molar-refractivity contribution in [2.24, 2.45) is 7.05 Å². The molecule has 0 bridgehead atoms. The van der Waals surface area contributed by atoms with Gasteiger partial charge in [-0.2, -0.15) is 5.10 Å². The summed E-state index contributed by atoms with van der Waals surface area (Å²) in [6, 6.07) is 6.60. The minimum Gasteiger partial charge on any atom is -0.497 e. The molecular formula is C19H26ClN5O3. The lowest BCUT2D eigenvalue weighted by Crippen LogP contribution is -2.45. The van der Waals surface area contributed by atoms with Crippen LogP contribution in [0.4, 0.5) is 0 Å². The molecule has 0 spiro atoms. The molecule has 1 aromatic heterocycles. The Bertz CT molecular complexity index is 808. The lowest BCUT2D eigenvalue weighted by molar-refractivity contribution is -0.133. The van der Waals surface area contributed by atoms with Crippen molar-refractivity contribution in [2.75, 3.05) is 20.7 Å². The minimum atomic E-state index is -0.540. The predicted octanol–water partition coefficient (Wildman–Crippen LogP) is 1.03. The number of carbonyl (C=O) groups is 2. The van der Waals surface area contributed by atoms with Gasteiger partial charge in [0.1, 0.15) is 17.8 Å². The Morgan fingerprint density at radius 1 is 1.36 bits per heavy atom. The van der Waals surface area contributed by atoms with E-state index in [0.717, 1.165) is 16.9 Å². The zero-order valence-corrected chi connectivity index (χ0v) is 17.0. The predicted molar refractivity (Wildman–Crippen MR) is 107 cm³/mol. The molecule has 2 atom stereocenters. The zero-order chi connectivity index (χ0) is 19.4. The van der Waals surface area contributed by atoms with Crippen LogP contribution in [0.25, 0.3) is 0 Å². The number of likely N-dealkylation sites (tertiary alicyclic amines) is 1. The number of rotatable bonds is 7. The van der Waals surface area contributed by atoms with Crippen LogP contribution in [0.5, 0.6) is 5.75 Å². The number of likely N-dealkylation sites (N-methyl/N-ethyl adjacent to an activating group) is 1. The molecule has 2 N–H and O–H groups in total. The van der Waals surface area contributed by atoms with Crippen molar-refractivity contribution in [3.8, 4) is 5.75 Å². The molecule has 2 heterocycles. The Hall–Kier alpha value is -2.58. The summed E-state index contributed by atoms with van der Waals surface area (Å²) >= 11 is 0. The van der Waals surface area contributed by atoms with Gasteiger partial charge in [0.25, 0.3) is 0 Å². The van der Waals surface area contributed by atoms with E-state index in [1.54, 1.807) is 43.2 Å². The molecule has 3 rings (SSSR count). The van der Waals surface area contributed by atoms with Gasteiger partial charge in [0.2, 0.25) is 11.8 Å². The number of benzene rings is 1. The van der Waals surface area contributed by atoms with E-state index in [-0.39, 0.29) is 24.2 Å². The van der Waals surface area contributed by atoms with Crippen LogP contribution in [0.3, 0.4) is 0 Å². The van der Waals surface area contributed by atoms with Gasteiger partial charge in [-0.15, -0.1) is 12.4 Å². The molecule has 1 saturated heterocycles. The third kappa shape index (κ3) is 4.82. The molecule has 0 saturated carbocycles. The second-order valence-electron chi connectivity index (χ2n) is 6.63. The average Bonchev–Trinajstić information content (AvgIpc) is 3.24. The maximum atomic E-state index is 12.7. The van der Waals surface area contributed by atoms with Crippen molar-refractivity contribution in [3.63, 3.8) is 0 Å². The average molecular weight is 408 g/mol. The fourth-order valence-electron chi connectivity index (χ4n) is 3.27. The highest BCUT2D eigenvalue weighted by Crippen LogP contribution is 2.19. The summed E-state index contributed by atoms with van der Waals surface area (Å²) in [5.74, 6) is 0.500. The summed E-state index contributed by atoms with van der Waals surface area (Å²) in [7, 11) is 5.13. The Morgan fingerprint density at radius 3 is 2.64 bits per heavy atom. The lowest BCUT2D eigenvalue weighted by atomic mass is 10.1. The first-order valence-electron chi connectivity index (χ1n) is 8.89. The van der Waals surface area contributed by atoms with Crippen LogP contribution in [-0.2, 0) is 23.2 Å². The van der Waals surface area contributed by atoms with E-state index >= 15 is 0 Å². The normalized spacial score (nSPS) is 17.2. The van der Waals surface area contributed by atoms with E-state index in [1.165, 1.54) is 0 Å². The molecule has 0 radical (unpaired) electrons. The maximum absolute atomic E-state index is 12.7. The van der Waals surface area contributed by atoms with Gasteiger partial charge in [-0.3, -0.25) is 14.3 Å². The Labute approximate surface area is 170 Å². The van der Waals surface area contributed by atoms with Crippen molar-refractivity contribution in [1.82, 2.24) is 25.3 Å². The van der Waals surface area contributed by atoms with E-state index in [2.05, 4.69) is 15.7 Å². The number of hydrogen-bond acceptors (Lipinski definition) is 5. The third-order valence-electron chi connectivity index (χ3n) is 4.76. The quantitative estimate of drug-likeness (QED) is 0.715. The SMILES string of the molecule is CNC(C(=O)NC1CCN(Cc2ccc(OC)cc2)C1=O)c1cnn(C)c1.Cl. The lowest BCUT2D eigenvalue weighted by Gasteiger charge is -2.19. The molecule has 1 aliphatic heterocycles. The number of amides is 2. The first-order chi connectivity index (χ1) is 13.0. The number of methoxy groups -OCH3 is 1.